The lowest BCUT2D eigenvalue weighted by atomic mass is 10.1. The Kier molecular flexibility index (Phi) is 6.24. The van der Waals surface area contributed by atoms with Crippen LogP contribution < -0.4 is 5.32 Å². The molecule has 0 unspecified atom stereocenters. The van der Waals surface area contributed by atoms with E-state index in [1.165, 1.54) is 18.2 Å². The average Bonchev–Trinajstić information content (AvgIpc) is 3.11. The molecule has 0 atom stereocenters. The second-order valence-electron chi connectivity index (χ2n) is 5.90. The monoisotopic (exact) mass is 378 g/mol. The largest absolute Gasteiger partial charge is 0.364 e. The van der Waals surface area contributed by atoms with Gasteiger partial charge in [-0.1, -0.05) is 17.4 Å². The van der Waals surface area contributed by atoms with E-state index in [9.17, 15) is 14.0 Å². The number of likely N-dealkylation sites (tertiary alicyclic amines) is 1. The second-order valence-corrected chi connectivity index (χ2v) is 6.96. The van der Waals surface area contributed by atoms with E-state index < -0.39 is 11.7 Å². The van der Waals surface area contributed by atoms with E-state index in [1.54, 1.807) is 6.07 Å². The number of hydrogen-bond donors (Lipinski definition) is 1. The summed E-state index contributed by atoms with van der Waals surface area (Å²) in [6, 6.07) is 5.60. The highest BCUT2D eigenvalue weighted by molar-refractivity contribution is 7.13. The van der Waals surface area contributed by atoms with Gasteiger partial charge in [-0.3, -0.25) is 9.59 Å². The third-order valence-electron chi connectivity index (χ3n) is 3.90. The molecule has 1 aromatic heterocycles. The van der Waals surface area contributed by atoms with Crippen LogP contribution in [0.5, 0.6) is 0 Å². The molecule has 1 fully saturated rings. The molecule has 9 heteroatoms. The fourth-order valence-electron chi connectivity index (χ4n) is 2.61. The van der Waals surface area contributed by atoms with Crippen molar-refractivity contribution < 1.29 is 18.7 Å². The maximum Gasteiger partial charge on any atom is 0.286 e. The second kappa shape index (κ2) is 8.81. The molecular formula is C17H19FN4O3S. The van der Waals surface area contributed by atoms with Crippen LogP contribution in [-0.2, 0) is 16.1 Å². The Hall–Kier alpha value is -2.39. The van der Waals surface area contributed by atoms with Gasteiger partial charge in [0.1, 0.15) is 24.0 Å². The van der Waals surface area contributed by atoms with Crippen molar-refractivity contribution in [3.8, 4) is 0 Å². The van der Waals surface area contributed by atoms with Crippen LogP contribution in [-0.4, -0.2) is 46.6 Å². The van der Waals surface area contributed by atoms with Gasteiger partial charge in [0.05, 0.1) is 0 Å². The van der Waals surface area contributed by atoms with Gasteiger partial charge in [0, 0.05) is 18.8 Å². The smallest absolute Gasteiger partial charge is 0.286 e. The first-order chi connectivity index (χ1) is 12.6. The summed E-state index contributed by atoms with van der Waals surface area (Å²) >= 11 is 1.07. The number of anilines is 1. The lowest BCUT2D eigenvalue weighted by Gasteiger charge is -2.26. The summed E-state index contributed by atoms with van der Waals surface area (Å²) in [5.74, 6) is -0.936. The van der Waals surface area contributed by atoms with Crippen LogP contribution in [0.15, 0.2) is 24.3 Å². The van der Waals surface area contributed by atoms with E-state index in [4.69, 9.17) is 4.74 Å². The molecule has 138 valence electrons. The third-order valence-corrected chi connectivity index (χ3v) is 4.80. The molecule has 2 heterocycles. The van der Waals surface area contributed by atoms with Crippen LogP contribution in [0.1, 0.15) is 34.1 Å². The summed E-state index contributed by atoms with van der Waals surface area (Å²) in [5.41, 5.74) is 0.343. The van der Waals surface area contributed by atoms with Crippen molar-refractivity contribution in [1.82, 2.24) is 15.1 Å². The van der Waals surface area contributed by atoms with Gasteiger partial charge in [0.15, 0.2) is 0 Å². The number of carbonyl (C=O) groups is 2. The fraction of sp³-hybridized carbons (Fsp3) is 0.412. The Morgan fingerprint density at radius 1 is 1.23 bits per heavy atom. The molecule has 1 aliphatic rings. The zero-order chi connectivity index (χ0) is 18.4. The predicted octanol–water partition coefficient (Wildman–Crippen LogP) is 2.46. The Morgan fingerprint density at radius 3 is 2.81 bits per heavy atom. The first kappa shape index (κ1) is 18.4. The first-order valence-electron chi connectivity index (χ1n) is 8.36. The van der Waals surface area contributed by atoms with Crippen molar-refractivity contribution in [3.63, 3.8) is 0 Å². The summed E-state index contributed by atoms with van der Waals surface area (Å²) < 4.78 is 18.5. The molecule has 0 bridgehead atoms. The van der Waals surface area contributed by atoms with E-state index in [-0.39, 0.29) is 24.1 Å². The van der Waals surface area contributed by atoms with Gasteiger partial charge in [0.25, 0.3) is 5.91 Å². The number of nitrogens with one attached hydrogen (secondary N) is 1. The molecule has 7 nitrogen and oxygen atoms in total. The highest BCUT2D eigenvalue weighted by Gasteiger charge is 2.17. The maximum absolute atomic E-state index is 13.1. The Bertz CT molecular complexity index is 777. The molecule has 0 aliphatic carbocycles. The third kappa shape index (κ3) is 5.06. The number of halogens is 1. The number of rotatable bonds is 6. The summed E-state index contributed by atoms with van der Waals surface area (Å²) in [5, 5.41) is 10.9. The Labute approximate surface area is 154 Å². The van der Waals surface area contributed by atoms with Crippen molar-refractivity contribution in [2.45, 2.75) is 25.9 Å². The molecule has 0 spiro atoms. The molecular weight excluding hydrogens is 359 g/mol. The summed E-state index contributed by atoms with van der Waals surface area (Å²) in [4.78, 5) is 25.9. The highest BCUT2D eigenvalue weighted by Crippen LogP contribution is 2.15. The number of hydrogen-bond acceptors (Lipinski definition) is 6. The predicted molar refractivity (Wildman–Crippen MR) is 94.3 cm³/mol. The average molecular weight is 378 g/mol. The van der Waals surface area contributed by atoms with Gasteiger partial charge in [-0.2, -0.15) is 0 Å². The quantitative estimate of drug-likeness (QED) is 0.835. The molecule has 0 radical (unpaired) electrons. The van der Waals surface area contributed by atoms with Gasteiger partial charge in [-0.15, -0.1) is 10.2 Å². The summed E-state index contributed by atoms with van der Waals surface area (Å²) in [6.07, 6.45) is 3.23. The number of aromatic nitrogens is 2. The van der Waals surface area contributed by atoms with Crippen LogP contribution in [0.4, 0.5) is 10.1 Å². The molecule has 1 saturated heterocycles. The van der Waals surface area contributed by atoms with Crippen molar-refractivity contribution in [2.24, 2.45) is 0 Å². The van der Waals surface area contributed by atoms with Crippen LogP contribution in [0.2, 0.25) is 0 Å². The number of benzene rings is 1. The topological polar surface area (TPSA) is 84.4 Å². The van der Waals surface area contributed by atoms with E-state index in [2.05, 4.69) is 15.5 Å². The molecule has 2 amide bonds. The molecule has 26 heavy (non-hydrogen) atoms. The minimum Gasteiger partial charge on any atom is -0.364 e. The number of ether oxygens (including phenoxy) is 1. The normalized spacial score (nSPS) is 14.3. The zero-order valence-corrected chi connectivity index (χ0v) is 14.9. The van der Waals surface area contributed by atoms with Crippen LogP contribution in [0.3, 0.4) is 0 Å². The molecule has 1 aromatic carbocycles. The highest BCUT2D eigenvalue weighted by atomic mass is 32.1. The maximum atomic E-state index is 13.1. The van der Waals surface area contributed by atoms with Crippen LogP contribution in [0, 0.1) is 5.82 Å². The number of amides is 2. The van der Waals surface area contributed by atoms with E-state index in [0.717, 1.165) is 43.7 Å². The molecule has 1 aliphatic heterocycles. The van der Waals surface area contributed by atoms with E-state index >= 15 is 0 Å². The van der Waals surface area contributed by atoms with Gasteiger partial charge in [0.2, 0.25) is 10.9 Å². The number of piperidine rings is 1. The lowest BCUT2D eigenvalue weighted by molar-refractivity contribution is -0.137. The van der Waals surface area contributed by atoms with Gasteiger partial charge in [-0.25, -0.2) is 4.39 Å². The van der Waals surface area contributed by atoms with Crippen LogP contribution in [0.25, 0.3) is 0 Å². The van der Waals surface area contributed by atoms with Gasteiger partial charge in [-0.05, 0) is 37.5 Å². The minimum atomic E-state index is -0.469. The van der Waals surface area contributed by atoms with Gasteiger partial charge >= 0.3 is 0 Å². The van der Waals surface area contributed by atoms with Crippen molar-refractivity contribution in [3.05, 3.63) is 40.1 Å². The molecule has 2 aromatic rings. The first-order valence-corrected chi connectivity index (χ1v) is 9.18. The van der Waals surface area contributed by atoms with Crippen molar-refractivity contribution in [2.75, 3.05) is 25.0 Å². The zero-order valence-electron chi connectivity index (χ0n) is 14.1. The SMILES string of the molecule is O=C(Nc1cccc(F)c1)c1nnc(COCC(=O)N2CCCCC2)s1. The van der Waals surface area contributed by atoms with Crippen LogP contribution >= 0.6 is 11.3 Å². The molecule has 3 rings (SSSR count). The van der Waals surface area contributed by atoms with E-state index in [1.807, 2.05) is 4.90 Å². The van der Waals surface area contributed by atoms with Crippen molar-refractivity contribution in [1.29, 1.82) is 0 Å². The number of carbonyl (C=O) groups excluding carboxylic acids is 2. The minimum absolute atomic E-state index is 0.00952. The standard InChI is InChI=1S/C17H19FN4O3S/c18-12-5-4-6-13(9-12)19-16(24)17-21-20-14(26-17)10-25-11-15(23)22-7-2-1-3-8-22/h4-6,9H,1-3,7-8,10-11H2,(H,19,24). The lowest BCUT2D eigenvalue weighted by Crippen LogP contribution is -2.37. The summed E-state index contributed by atoms with van der Waals surface area (Å²) in [6.45, 7) is 1.67. The van der Waals surface area contributed by atoms with Gasteiger partial charge < -0.3 is 15.0 Å². The fourth-order valence-corrected chi connectivity index (χ4v) is 3.29. The van der Waals surface area contributed by atoms with E-state index in [0.29, 0.717) is 10.7 Å². The number of nitrogens with zero attached hydrogens (tertiary/aromatic N) is 3. The Morgan fingerprint density at radius 2 is 2.04 bits per heavy atom. The Balaban J connectivity index is 1.46. The molecule has 0 saturated carbocycles. The van der Waals surface area contributed by atoms with Crippen molar-refractivity contribution >= 4 is 28.8 Å². The molecule has 1 N–H and O–H groups in total. The summed E-state index contributed by atoms with van der Waals surface area (Å²) in [7, 11) is 0.